The van der Waals surface area contributed by atoms with Crippen molar-refractivity contribution in [2.75, 3.05) is 13.2 Å². The zero-order valence-electron chi connectivity index (χ0n) is 18.2. The van der Waals surface area contributed by atoms with E-state index in [0.717, 1.165) is 16.7 Å². The second-order valence-electron chi connectivity index (χ2n) is 7.67. The highest BCUT2D eigenvalue weighted by molar-refractivity contribution is 5.88. The lowest BCUT2D eigenvalue weighted by Crippen LogP contribution is -2.43. The Labute approximate surface area is 189 Å². The van der Waals surface area contributed by atoms with E-state index in [9.17, 15) is 9.59 Å². The molecule has 0 aliphatic rings. The van der Waals surface area contributed by atoms with Gasteiger partial charge in [-0.2, -0.15) is 0 Å². The molecule has 0 aliphatic carbocycles. The zero-order valence-corrected chi connectivity index (χ0v) is 18.2. The number of carbonyl (C=O) groups excluding carboxylic acids is 2. The van der Waals surface area contributed by atoms with E-state index in [0.29, 0.717) is 32.4 Å². The minimum absolute atomic E-state index is 0.0000193. The van der Waals surface area contributed by atoms with Crippen molar-refractivity contribution in [3.63, 3.8) is 0 Å². The lowest BCUT2D eigenvalue weighted by atomic mass is 10.0. The highest BCUT2D eigenvalue weighted by Crippen LogP contribution is 2.25. The molecule has 0 unspecified atom stereocenters. The standard InChI is InChI=1S/C27H30N2O3/c30-20-10-19-28-27(32)26(24-15-8-3-9-16-24)29(21-23-13-6-2-7-14-23)25(31)18-17-22-11-4-1-5-12-22/h1-9,11-16,26,30H,10,17-21H2,(H,28,32)/t26-/m0/s1. The Morgan fingerprint density at radius 3 is 1.97 bits per heavy atom. The van der Waals surface area contributed by atoms with Gasteiger partial charge in [-0.05, 0) is 29.5 Å². The molecule has 2 amide bonds. The zero-order chi connectivity index (χ0) is 22.6. The fourth-order valence-electron chi connectivity index (χ4n) is 3.64. The Bertz CT molecular complexity index is 962. The molecule has 0 spiro atoms. The van der Waals surface area contributed by atoms with E-state index in [1.54, 1.807) is 4.90 Å². The summed E-state index contributed by atoms with van der Waals surface area (Å²) in [6, 6.07) is 28.2. The van der Waals surface area contributed by atoms with Crippen LogP contribution in [0.2, 0.25) is 0 Å². The van der Waals surface area contributed by atoms with Gasteiger partial charge in [-0.15, -0.1) is 0 Å². The van der Waals surface area contributed by atoms with Gasteiger partial charge in [0.25, 0.3) is 0 Å². The Kier molecular flexibility index (Phi) is 9.02. The van der Waals surface area contributed by atoms with E-state index in [4.69, 9.17) is 5.11 Å². The van der Waals surface area contributed by atoms with Crippen molar-refractivity contribution in [2.45, 2.75) is 31.8 Å². The van der Waals surface area contributed by atoms with Gasteiger partial charge in [-0.3, -0.25) is 9.59 Å². The maximum Gasteiger partial charge on any atom is 0.247 e. The monoisotopic (exact) mass is 430 g/mol. The van der Waals surface area contributed by atoms with Crippen molar-refractivity contribution in [2.24, 2.45) is 0 Å². The van der Waals surface area contributed by atoms with Crippen LogP contribution in [-0.4, -0.2) is 35.0 Å². The van der Waals surface area contributed by atoms with Crippen molar-refractivity contribution < 1.29 is 14.7 Å². The van der Waals surface area contributed by atoms with Crippen LogP contribution in [0, 0.1) is 0 Å². The van der Waals surface area contributed by atoms with Gasteiger partial charge in [-0.1, -0.05) is 91.0 Å². The van der Waals surface area contributed by atoms with Crippen LogP contribution in [-0.2, 0) is 22.6 Å². The fourth-order valence-corrected chi connectivity index (χ4v) is 3.64. The molecule has 0 saturated heterocycles. The summed E-state index contributed by atoms with van der Waals surface area (Å²) in [5, 5.41) is 12.0. The molecule has 5 nitrogen and oxygen atoms in total. The van der Waals surface area contributed by atoms with E-state index in [2.05, 4.69) is 5.32 Å². The Morgan fingerprint density at radius 2 is 1.38 bits per heavy atom. The molecule has 3 aromatic carbocycles. The molecule has 166 valence electrons. The number of benzene rings is 3. The third-order valence-electron chi connectivity index (χ3n) is 5.30. The van der Waals surface area contributed by atoms with E-state index >= 15 is 0 Å². The van der Waals surface area contributed by atoms with Crippen molar-refractivity contribution in [3.05, 3.63) is 108 Å². The molecule has 32 heavy (non-hydrogen) atoms. The molecule has 3 aromatic rings. The molecule has 2 N–H and O–H groups in total. The quantitative estimate of drug-likeness (QED) is 0.454. The number of rotatable bonds is 11. The molecule has 3 rings (SSSR count). The number of nitrogens with one attached hydrogen (secondary N) is 1. The number of amides is 2. The van der Waals surface area contributed by atoms with Crippen LogP contribution in [0.4, 0.5) is 0 Å². The number of aryl methyl sites for hydroxylation is 1. The second kappa shape index (κ2) is 12.4. The Hall–Kier alpha value is -3.44. The maximum atomic E-state index is 13.5. The first kappa shape index (κ1) is 23.2. The lowest BCUT2D eigenvalue weighted by Gasteiger charge is -2.32. The molecule has 0 heterocycles. The van der Waals surface area contributed by atoms with Crippen LogP contribution in [0.15, 0.2) is 91.0 Å². The van der Waals surface area contributed by atoms with E-state index in [-0.39, 0.29) is 18.4 Å². The van der Waals surface area contributed by atoms with E-state index < -0.39 is 6.04 Å². The number of nitrogens with zero attached hydrogens (tertiary/aromatic N) is 1. The highest BCUT2D eigenvalue weighted by Gasteiger charge is 2.31. The molecule has 0 aromatic heterocycles. The average molecular weight is 431 g/mol. The Balaban J connectivity index is 1.88. The summed E-state index contributed by atoms with van der Waals surface area (Å²) in [6.45, 7) is 0.692. The number of aliphatic hydroxyl groups is 1. The molecule has 0 radical (unpaired) electrons. The van der Waals surface area contributed by atoms with E-state index in [1.165, 1.54) is 0 Å². The molecular formula is C27H30N2O3. The summed E-state index contributed by atoms with van der Waals surface area (Å²) in [4.78, 5) is 28.4. The molecule has 1 atom stereocenters. The maximum absolute atomic E-state index is 13.5. The van der Waals surface area contributed by atoms with Gasteiger partial charge in [0, 0.05) is 26.1 Å². The van der Waals surface area contributed by atoms with E-state index in [1.807, 2.05) is 91.0 Å². The first-order valence-electron chi connectivity index (χ1n) is 11.0. The third-order valence-corrected chi connectivity index (χ3v) is 5.30. The first-order chi connectivity index (χ1) is 15.7. The normalized spacial score (nSPS) is 11.5. The number of carbonyl (C=O) groups is 2. The Morgan fingerprint density at radius 1 is 0.812 bits per heavy atom. The fraction of sp³-hybridized carbons (Fsp3) is 0.259. The van der Waals surface area contributed by atoms with Gasteiger partial charge < -0.3 is 15.3 Å². The average Bonchev–Trinajstić information content (AvgIpc) is 2.84. The van der Waals surface area contributed by atoms with Gasteiger partial charge >= 0.3 is 0 Å². The molecular weight excluding hydrogens is 400 g/mol. The van der Waals surface area contributed by atoms with Crippen LogP contribution in [0.25, 0.3) is 0 Å². The van der Waals surface area contributed by atoms with Gasteiger partial charge in [0.15, 0.2) is 0 Å². The summed E-state index contributed by atoms with van der Waals surface area (Å²) >= 11 is 0. The minimum Gasteiger partial charge on any atom is -0.396 e. The topological polar surface area (TPSA) is 69.6 Å². The SMILES string of the molecule is O=C(NCCCO)[C@H](c1ccccc1)N(Cc1ccccc1)C(=O)CCc1ccccc1. The second-order valence-corrected chi connectivity index (χ2v) is 7.67. The molecule has 0 saturated carbocycles. The minimum atomic E-state index is -0.752. The van der Waals surface area contributed by atoms with Gasteiger partial charge in [-0.25, -0.2) is 0 Å². The summed E-state index contributed by atoms with van der Waals surface area (Å²) in [5.74, 6) is -0.322. The van der Waals surface area contributed by atoms with Crippen molar-refractivity contribution >= 4 is 11.8 Å². The number of hydrogen-bond acceptors (Lipinski definition) is 3. The summed E-state index contributed by atoms with van der Waals surface area (Å²) < 4.78 is 0. The number of aliphatic hydroxyl groups excluding tert-OH is 1. The summed E-state index contributed by atoms with van der Waals surface area (Å²) in [7, 11) is 0. The van der Waals surface area contributed by atoms with Gasteiger partial charge in [0.05, 0.1) is 0 Å². The first-order valence-corrected chi connectivity index (χ1v) is 11.0. The largest absolute Gasteiger partial charge is 0.396 e. The lowest BCUT2D eigenvalue weighted by molar-refractivity contribution is -0.141. The van der Waals surface area contributed by atoms with Crippen LogP contribution in [0.3, 0.4) is 0 Å². The van der Waals surface area contributed by atoms with Crippen LogP contribution >= 0.6 is 0 Å². The summed E-state index contributed by atoms with van der Waals surface area (Å²) in [6.07, 6.45) is 1.39. The van der Waals surface area contributed by atoms with Crippen LogP contribution in [0.5, 0.6) is 0 Å². The molecule has 0 fully saturated rings. The van der Waals surface area contributed by atoms with Crippen molar-refractivity contribution in [1.82, 2.24) is 10.2 Å². The molecule has 0 aliphatic heterocycles. The third kappa shape index (κ3) is 6.79. The predicted molar refractivity (Wildman–Crippen MR) is 126 cm³/mol. The van der Waals surface area contributed by atoms with Crippen LogP contribution in [0.1, 0.15) is 35.6 Å². The van der Waals surface area contributed by atoms with Crippen LogP contribution < -0.4 is 5.32 Å². The molecule has 5 heteroatoms. The highest BCUT2D eigenvalue weighted by atomic mass is 16.3. The summed E-state index contributed by atoms with van der Waals surface area (Å²) in [5.41, 5.74) is 2.81. The van der Waals surface area contributed by atoms with Crippen molar-refractivity contribution in [3.8, 4) is 0 Å². The predicted octanol–water partition coefficient (Wildman–Crippen LogP) is 3.89. The molecule has 0 bridgehead atoms. The van der Waals surface area contributed by atoms with Gasteiger partial charge in [0.1, 0.15) is 6.04 Å². The number of hydrogen-bond donors (Lipinski definition) is 2. The smallest absolute Gasteiger partial charge is 0.247 e. The van der Waals surface area contributed by atoms with Crippen molar-refractivity contribution in [1.29, 1.82) is 0 Å². The van der Waals surface area contributed by atoms with Gasteiger partial charge in [0.2, 0.25) is 11.8 Å².